The summed E-state index contributed by atoms with van der Waals surface area (Å²) in [6, 6.07) is 9.71. The molecule has 0 bridgehead atoms. The van der Waals surface area contributed by atoms with Gasteiger partial charge in [0.2, 0.25) is 0 Å². The van der Waals surface area contributed by atoms with Crippen LogP contribution in [0.1, 0.15) is 40.7 Å². The van der Waals surface area contributed by atoms with Crippen LogP contribution in [-0.4, -0.2) is 29.4 Å². The molecule has 0 amide bonds. The van der Waals surface area contributed by atoms with Gasteiger partial charge >= 0.3 is 12.1 Å². The van der Waals surface area contributed by atoms with E-state index in [-0.39, 0.29) is 17.9 Å². The van der Waals surface area contributed by atoms with Gasteiger partial charge < -0.3 is 10.5 Å². The van der Waals surface area contributed by atoms with Gasteiger partial charge in [-0.05, 0) is 61.6 Å². The summed E-state index contributed by atoms with van der Waals surface area (Å²) in [6.07, 6.45) is 5.62. The molecule has 5 nitrogen and oxygen atoms in total. The van der Waals surface area contributed by atoms with Crippen molar-refractivity contribution in [3.8, 4) is 0 Å². The van der Waals surface area contributed by atoms with Crippen molar-refractivity contribution < 1.29 is 22.7 Å². The molecule has 1 aliphatic rings. The number of allylic oxidation sites excluding steroid dienone is 5. The van der Waals surface area contributed by atoms with Crippen molar-refractivity contribution in [3.05, 3.63) is 100 Å². The number of hydrogen-bond acceptors (Lipinski definition) is 5. The Labute approximate surface area is 200 Å². The van der Waals surface area contributed by atoms with Gasteiger partial charge in [0.1, 0.15) is 5.70 Å². The Kier molecular flexibility index (Phi) is 8.65. The van der Waals surface area contributed by atoms with Crippen molar-refractivity contribution in [1.82, 2.24) is 4.98 Å². The van der Waals surface area contributed by atoms with Crippen LogP contribution in [0.4, 0.5) is 13.2 Å². The van der Waals surface area contributed by atoms with Gasteiger partial charge in [0, 0.05) is 23.0 Å². The molecule has 34 heavy (non-hydrogen) atoms. The largest absolute Gasteiger partial charge is 0.462 e. The fourth-order valence-corrected chi connectivity index (χ4v) is 3.32. The molecule has 0 saturated carbocycles. The lowest BCUT2D eigenvalue weighted by molar-refractivity contribution is -0.0925. The van der Waals surface area contributed by atoms with Gasteiger partial charge in [-0.2, -0.15) is 13.2 Å². The fraction of sp³-hybridized carbons (Fsp3) is 0.240. The maximum atomic E-state index is 13.0. The molecule has 2 N–H and O–H groups in total. The van der Waals surface area contributed by atoms with Crippen molar-refractivity contribution in [1.29, 1.82) is 0 Å². The van der Waals surface area contributed by atoms with Crippen LogP contribution < -0.4 is 5.73 Å². The number of aliphatic imine (C=N–C) groups is 1. The van der Waals surface area contributed by atoms with Crippen molar-refractivity contribution in [2.75, 3.05) is 6.61 Å². The summed E-state index contributed by atoms with van der Waals surface area (Å²) in [5.41, 5.74) is 5.94. The van der Waals surface area contributed by atoms with Gasteiger partial charge in [0.15, 0.2) is 0 Å². The van der Waals surface area contributed by atoms with Gasteiger partial charge in [-0.25, -0.2) is 9.79 Å². The molecule has 0 radical (unpaired) electrons. The summed E-state index contributed by atoms with van der Waals surface area (Å²) < 4.78 is 44.4. The van der Waals surface area contributed by atoms with E-state index in [9.17, 15) is 18.0 Å². The molecule has 1 aromatic heterocycles. The Morgan fingerprint density at radius 2 is 1.94 bits per heavy atom. The lowest BCUT2D eigenvalue weighted by Crippen LogP contribution is -2.21. The van der Waals surface area contributed by atoms with Crippen LogP contribution in [0.3, 0.4) is 0 Å². The van der Waals surface area contributed by atoms with Gasteiger partial charge in [0.05, 0.1) is 23.6 Å². The number of alkyl halides is 3. The number of ether oxygens (including phenoxy) is 1. The fourth-order valence-electron chi connectivity index (χ4n) is 3.11. The van der Waals surface area contributed by atoms with Crippen molar-refractivity contribution >= 4 is 23.3 Å². The highest BCUT2D eigenvalue weighted by Gasteiger charge is 2.31. The first-order chi connectivity index (χ1) is 16.2. The standard InChI is InChI=1S/C25H23ClF3N3O2/c26-20-7-1-2-8-21(20)32-22(15-23(30)25(27,28)29)18-9-11-19(12-10-18)24(33)34-14-4-6-17-5-3-13-31-16-17/h2-3,5,8-13,15-16H,1,4,6-7,14,30H2. The van der Waals surface area contributed by atoms with Gasteiger partial charge in [-0.1, -0.05) is 35.9 Å². The molecule has 1 aliphatic carbocycles. The Morgan fingerprint density at radius 1 is 1.21 bits per heavy atom. The molecule has 0 atom stereocenters. The monoisotopic (exact) mass is 489 g/mol. The number of rotatable bonds is 8. The highest BCUT2D eigenvalue weighted by molar-refractivity contribution is 6.30. The van der Waals surface area contributed by atoms with Gasteiger partial charge in [0.25, 0.3) is 0 Å². The molecule has 0 unspecified atom stereocenters. The van der Waals surface area contributed by atoms with Crippen molar-refractivity contribution in [3.63, 3.8) is 0 Å². The van der Waals surface area contributed by atoms with E-state index in [1.807, 2.05) is 18.2 Å². The second-order valence-electron chi connectivity index (χ2n) is 7.50. The number of benzene rings is 1. The van der Waals surface area contributed by atoms with E-state index < -0.39 is 17.8 Å². The van der Waals surface area contributed by atoms with E-state index in [1.54, 1.807) is 18.5 Å². The third-order valence-electron chi connectivity index (χ3n) is 4.93. The summed E-state index contributed by atoms with van der Waals surface area (Å²) in [5.74, 6) is -0.525. The maximum absolute atomic E-state index is 13.0. The first kappa shape index (κ1) is 25.2. The Hall–Kier alpha value is -3.39. The Balaban J connectivity index is 1.73. The number of carbonyl (C=O) groups excluding carboxylic acids is 1. The predicted molar refractivity (Wildman–Crippen MR) is 125 cm³/mol. The number of halogens is 4. The topological polar surface area (TPSA) is 77.6 Å². The first-order valence-electron chi connectivity index (χ1n) is 10.6. The molecule has 0 spiro atoms. The molecule has 0 aliphatic heterocycles. The van der Waals surface area contributed by atoms with Crippen LogP contribution in [0.15, 0.2) is 88.4 Å². The molecule has 1 heterocycles. The normalized spacial score (nSPS) is 14.9. The predicted octanol–water partition coefficient (Wildman–Crippen LogP) is 5.87. The lowest BCUT2D eigenvalue weighted by Gasteiger charge is -2.11. The van der Waals surface area contributed by atoms with Crippen molar-refractivity contribution in [2.24, 2.45) is 10.7 Å². The minimum atomic E-state index is -4.71. The highest BCUT2D eigenvalue weighted by Crippen LogP contribution is 2.26. The minimum absolute atomic E-state index is 0.0223. The highest BCUT2D eigenvalue weighted by atomic mass is 35.5. The zero-order valence-corrected chi connectivity index (χ0v) is 18.9. The molecule has 0 fully saturated rings. The Bertz CT molecular complexity index is 1120. The average molecular weight is 490 g/mol. The van der Waals surface area contributed by atoms with Gasteiger partial charge in [-0.3, -0.25) is 4.98 Å². The molecule has 1 aromatic carbocycles. The van der Waals surface area contributed by atoms with E-state index in [0.29, 0.717) is 29.1 Å². The quantitative estimate of drug-likeness (QED) is 0.286. The van der Waals surface area contributed by atoms with Crippen LogP contribution in [0.25, 0.3) is 0 Å². The van der Waals surface area contributed by atoms with Crippen LogP contribution >= 0.6 is 11.6 Å². The van der Waals surface area contributed by atoms with E-state index in [2.05, 4.69) is 9.98 Å². The maximum Gasteiger partial charge on any atom is 0.430 e. The third kappa shape index (κ3) is 7.31. The van der Waals surface area contributed by atoms with Gasteiger partial charge in [-0.15, -0.1) is 0 Å². The van der Waals surface area contributed by atoms with E-state index in [4.69, 9.17) is 22.1 Å². The van der Waals surface area contributed by atoms with Crippen molar-refractivity contribution in [2.45, 2.75) is 31.9 Å². The molecule has 9 heteroatoms. The minimum Gasteiger partial charge on any atom is -0.462 e. The molecule has 0 saturated heterocycles. The zero-order chi connectivity index (χ0) is 24.6. The molecular weight excluding hydrogens is 467 g/mol. The summed E-state index contributed by atoms with van der Waals surface area (Å²) in [6.45, 7) is 0.228. The van der Waals surface area contributed by atoms with E-state index in [1.165, 1.54) is 24.3 Å². The second kappa shape index (κ2) is 11.7. The summed E-state index contributed by atoms with van der Waals surface area (Å²) in [4.78, 5) is 20.7. The van der Waals surface area contributed by atoms with E-state index in [0.717, 1.165) is 24.5 Å². The number of esters is 1. The lowest BCUT2D eigenvalue weighted by atomic mass is 10.1. The summed E-state index contributed by atoms with van der Waals surface area (Å²) >= 11 is 6.19. The Morgan fingerprint density at radius 3 is 2.59 bits per heavy atom. The SMILES string of the molecule is NC(=CC(=NC1=C(Cl)CCC=C1)c1ccc(C(=O)OCCCc2cccnc2)cc1)C(F)(F)F. The summed E-state index contributed by atoms with van der Waals surface area (Å²) in [5, 5.41) is 0.450. The molecule has 2 aromatic rings. The average Bonchev–Trinajstić information content (AvgIpc) is 2.82. The third-order valence-corrected chi connectivity index (χ3v) is 5.31. The second-order valence-corrected chi connectivity index (χ2v) is 7.96. The molecular formula is C25H23ClF3N3O2. The van der Waals surface area contributed by atoms with Crippen LogP contribution in [0.2, 0.25) is 0 Å². The van der Waals surface area contributed by atoms with Crippen LogP contribution in [0, 0.1) is 0 Å². The number of aromatic nitrogens is 1. The number of aryl methyl sites for hydroxylation is 1. The molecule has 178 valence electrons. The first-order valence-corrected chi connectivity index (χ1v) is 11.0. The number of nitrogens with zero attached hydrogens (tertiary/aromatic N) is 2. The molecule has 3 rings (SSSR count). The number of carbonyl (C=O) groups is 1. The van der Waals surface area contributed by atoms with E-state index >= 15 is 0 Å². The van der Waals surface area contributed by atoms with Crippen LogP contribution in [0.5, 0.6) is 0 Å². The number of nitrogens with two attached hydrogens (primary N) is 1. The zero-order valence-electron chi connectivity index (χ0n) is 18.2. The smallest absolute Gasteiger partial charge is 0.430 e. The van der Waals surface area contributed by atoms with Crippen LogP contribution in [-0.2, 0) is 11.2 Å². The number of pyridine rings is 1. The summed E-state index contributed by atoms with van der Waals surface area (Å²) in [7, 11) is 0. The number of hydrogen-bond donors (Lipinski definition) is 1.